The molecule has 1 aromatic rings. The van der Waals surface area contributed by atoms with Gasteiger partial charge in [-0.05, 0) is 31.5 Å². The first-order valence-electron chi connectivity index (χ1n) is 6.26. The van der Waals surface area contributed by atoms with E-state index in [1.165, 1.54) is 6.07 Å². The van der Waals surface area contributed by atoms with Gasteiger partial charge in [-0.2, -0.15) is 0 Å². The Hall–Kier alpha value is -0.850. The Bertz CT molecular complexity index is 429. The van der Waals surface area contributed by atoms with Crippen LogP contribution < -0.4 is 5.32 Å². The highest BCUT2D eigenvalue weighted by Crippen LogP contribution is 2.15. The van der Waals surface area contributed by atoms with Gasteiger partial charge in [0, 0.05) is 24.5 Å². The van der Waals surface area contributed by atoms with Crippen molar-refractivity contribution >= 4 is 10.8 Å². The monoisotopic (exact) mass is 291 g/mol. The van der Waals surface area contributed by atoms with Gasteiger partial charge in [-0.3, -0.25) is 4.21 Å². The number of hydrogen-bond donors (Lipinski definition) is 2. The molecule has 1 rings (SSSR count). The Morgan fingerprint density at radius 2 is 2.16 bits per heavy atom. The summed E-state index contributed by atoms with van der Waals surface area (Å²) in [6.07, 6.45) is 1.37. The first-order chi connectivity index (χ1) is 9.08. The van der Waals surface area contributed by atoms with E-state index < -0.39 is 22.4 Å². The highest BCUT2D eigenvalue weighted by atomic mass is 32.2. The topological polar surface area (TPSA) is 49.3 Å². The Kier molecular flexibility index (Phi) is 7.12. The van der Waals surface area contributed by atoms with Crippen molar-refractivity contribution in [2.75, 3.05) is 18.9 Å². The minimum absolute atomic E-state index is 0.00244. The first-order valence-corrected chi connectivity index (χ1v) is 7.58. The fraction of sp³-hybridized carbons (Fsp3) is 0.538. The van der Waals surface area contributed by atoms with Crippen LogP contribution in [0.3, 0.4) is 0 Å². The highest BCUT2D eigenvalue weighted by molar-refractivity contribution is 7.85. The summed E-state index contributed by atoms with van der Waals surface area (Å²) in [4.78, 5) is 0.00244. The molecule has 0 heterocycles. The molecule has 0 saturated carbocycles. The molecule has 2 atom stereocenters. The van der Waals surface area contributed by atoms with E-state index in [0.29, 0.717) is 6.42 Å². The van der Waals surface area contributed by atoms with Gasteiger partial charge in [0.1, 0.15) is 11.6 Å². The molecule has 0 aliphatic heterocycles. The maximum absolute atomic E-state index is 13.5. The highest BCUT2D eigenvalue weighted by Gasteiger charge is 2.16. The van der Waals surface area contributed by atoms with Crippen LogP contribution in [-0.4, -0.2) is 34.3 Å². The molecule has 0 radical (unpaired) electrons. The maximum atomic E-state index is 13.5. The van der Waals surface area contributed by atoms with Gasteiger partial charge in [-0.1, -0.05) is 6.92 Å². The van der Waals surface area contributed by atoms with Gasteiger partial charge in [-0.25, -0.2) is 8.78 Å². The summed E-state index contributed by atoms with van der Waals surface area (Å²) >= 11 is 0. The molecule has 2 N–H and O–H groups in total. The van der Waals surface area contributed by atoms with E-state index in [2.05, 4.69) is 5.32 Å². The van der Waals surface area contributed by atoms with Crippen LogP contribution in [0.4, 0.5) is 8.78 Å². The second kappa shape index (κ2) is 8.35. The molecule has 0 aliphatic rings. The zero-order chi connectivity index (χ0) is 14.3. The Balaban J connectivity index is 2.69. The van der Waals surface area contributed by atoms with E-state index in [4.69, 9.17) is 5.11 Å². The smallest absolute Gasteiger partial charge is 0.142 e. The van der Waals surface area contributed by atoms with Gasteiger partial charge in [0.05, 0.1) is 15.7 Å². The molecule has 2 unspecified atom stereocenters. The zero-order valence-corrected chi connectivity index (χ0v) is 11.7. The molecule has 6 heteroatoms. The van der Waals surface area contributed by atoms with Gasteiger partial charge in [0.15, 0.2) is 0 Å². The van der Waals surface area contributed by atoms with Gasteiger partial charge in [-0.15, -0.1) is 0 Å². The van der Waals surface area contributed by atoms with Crippen molar-refractivity contribution in [3.63, 3.8) is 0 Å². The zero-order valence-electron chi connectivity index (χ0n) is 10.9. The number of halogens is 2. The third-order valence-electron chi connectivity index (χ3n) is 2.65. The largest absolute Gasteiger partial charge is 0.396 e. The Labute approximate surface area is 114 Å². The van der Waals surface area contributed by atoms with Crippen LogP contribution >= 0.6 is 0 Å². The average Bonchev–Trinajstić information content (AvgIpc) is 2.36. The minimum atomic E-state index is -1.55. The van der Waals surface area contributed by atoms with Crippen LogP contribution in [0.5, 0.6) is 0 Å². The lowest BCUT2D eigenvalue weighted by molar-refractivity contribution is 0.270. The standard InChI is InChI=1S/C13H19F2NO2S/c1-2-6-16-11(5-7-17)9-19(18)13-4-3-10(14)8-12(13)15/h3-4,8,11,16-17H,2,5-7,9H2,1H3. The van der Waals surface area contributed by atoms with Crippen LogP contribution in [-0.2, 0) is 10.8 Å². The van der Waals surface area contributed by atoms with Crippen LogP contribution in [0.15, 0.2) is 23.1 Å². The molecule has 0 fully saturated rings. The van der Waals surface area contributed by atoms with E-state index in [9.17, 15) is 13.0 Å². The predicted molar refractivity (Wildman–Crippen MR) is 71.4 cm³/mol. The van der Waals surface area contributed by atoms with Crippen LogP contribution in [0.25, 0.3) is 0 Å². The molecular formula is C13H19F2NO2S. The van der Waals surface area contributed by atoms with Gasteiger partial charge in [0.25, 0.3) is 0 Å². The summed E-state index contributed by atoms with van der Waals surface area (Å²) < 4.78 is 38.3. The van der Waals surface area contributed by atoms with Crippen LogP contribution in [0.2, 0.25) is 0 Å². The molecule has 1 aromatic carbocycles. The molecular weight excluding hydrogens is 272 g/mol. The fourth-order valence-electron chi connectivity index (χ4n) is 1.68. The molecule has 0 bridgehead atoms. The third kappa shape index (κ3) is 5.34. The summed E-state index contributed by atoms with van der Waals surface area (Å²) in [5.41, 5.74) is 0. The fourth-order valence-corrected chi connectivity index (χ4v) is 3.01. The number of rotatable bonds is 8. The molecule has 0 aliphatic carbocycles. The lowest BCUT2D eigenvalue weighted by Crippen LogP contribution is -2.35. The summed E-state index contributed by atoms with van der Waals surface area (Å²) in [5.74, 6) is -1.28. The summed E-state index contributed by atoms with van der Waals surface area (Å²) in [7, 11) is -1.55. The third-order valence-corrected chi connectivity index (χ3v) is 4.18. The number of benzene rings is 1. The van der Waals surface area contributed by atoms with Crippen molar-refractivity contribution in [1.29, 1.82) is 0 Å². The van der Waals surface area contributed by atoms with Crippen molar-refractivity contribution in [1.82, 2.24) is 5.32 Å². The lowest BCUT2D eigenvalue weighted by atomic mass is 10.2. The van der Waals surface area contributed by atoms with E-state index in [1.807, 2.05) is 6.92 Å². The van der Waals surface area contributed by atoms with E-state index >= 15 is 0 Å². The van der Waals surface area contributed by atoms with Gasteiger partial charge < -0.3 is 10.4 Å². The summed E-state index contributed by atoms with van der Waals surface area (Å²) in [5, 5.41) is 12.1. The number of aliphatic hydroxyl groups excluding tert-OH is 1. The number of aliphatic hydroxyl groups is 1. The second-order valence-electron chi connectivity index (χ2n) is 4.25. The Morgan fingerprint density at radius 1 is 1.42 bits per heavy atom. The maximum Gasteiger partial charge on any atom is 0.142 e. The number of hydrogen-bond acceptors (Lipinski definition) is 3. The van der Waals surface area contributed by atoms with E-state index in [1.54, 1.807) is 0 Å². The minimum Gasteiger partial charge on any atom is -0.396 e. The predicted octanol–water partition coefficient (Wildman–Crippen LogP) is 1.82. The number of nitrogens with one attached hydrogen (secondary N) is 1. The SMILES string of the molecule is CCCNC(CCO)CS(=O)c1ccc(F)cc1F. The molecule has 3 nitrogen and oxygen atoms in total. The molecule has 19 heavy (non-hydrogen) atoms. The Morgan fingerprint density at radius 3 is 2.74 bits per heavy atom. The first kappa shape index (κ1) is 16.2. The normalized spacial score (nSPS) is 14.3. The second-order valence-corrected chi connectivity index (χ2v) is 5.71. The molecule has 0 spiro atoms. The molecule has 0 saturated heterocycles. The van der Waals surface area contributed by atoms with Gasteiger partial charge in [0.2, 0.25) is 0 Å². The van der Waals surface area contributed by atoms with Gasteiger partial charge >= 0.3 is 0 Å². The van der Waals surface area contributed by atoms with Crippen molar-refractivity contribution in [3.05, 3.63) is 29.8 Å². The summed E-state index contributed by atoms with van der Waals surface area (Å²) in [6, 6.07) is 2.89. The molecule has 0 aromatic heterocycles. The van der Waals surface area contributed by atoms with Crippen LogP contribution in [0, 0.1) is 11.6 Å². The van der Waals surface area contributed by atoms with Crippen molar-refractivity contribution in [3.8, 4) is 0 Å². The van der Waals surface area contributed by atoms with E-state index in [0.717, 1.165) is 25.1 Å². The lowest BCUT2D eigenvalue weighted by Gasteiger charge is -2.17. The van der Waals surface area contributed by atoms with Crippen LogP contribution in [0.1, 0.15) is 19.8 Å². The molecule has 0 amide bonds. The average molecular weight is 291 g/mol. The summed E-state index contributed by atoms with van der Waals surface area (Å²) in [6.45, 7) is 2.72. The van der Waals surface area contributed by atoms with E-state index in [-0.39, 0.29) is 23.3 Å². The van der Waals surface area contributed by atoms with Crippen molar-refractivity contribution in [2.45, 2.75) is 30.7 Å². The van der Waals surface area contributed by atoms with Crippen molar-refractivity contribution < 1.29 is 18.1 Å². The van der Waals surface area contributed by atoms with Crippen molar-refractivity contribution in [2.24, 2.45) is 0 Å². The molecule has 108 valence electrons. The quantitative estimate of drug-likeness (QED) is 0.768.